The van der Waals surface area contributed by atoms with Gasteiger partial charge in [-0.2, -0.15) is 0 Å². The van der Waals surface area contributed by atoms with E-state index >= 15 is 0 Å². The molecular weight excluding hydrogens is 346 g/mol. The van der Waals surface area contributed by atoms with E-state index in [9.17, 15) is 0 Å². The average Bonchev–Trinajstić information content (AvgIpc) is 2.73. The number of guanidine groups is 1. The lowest BCUT2D eigenvalue weighted by Crippen LogP contribution is -2.31. The first kappa shape index (κ1) is 19.5. The number of nitrogens with two attached hydrogens (primary N) is 1. The van der Waals surface area contributed by atoms with Gasteiger partial charge in [0.2, 0.25) is 0 Å². The summed E-state index contributed by atoms with van der Waals surface area (Å²) < 4.78 is 6.01. The number of nitrogens with one attached hydrogen (secondary N) is 2. The van der Waals surface area contributed by atoms with Crippen molar-refractivity contribution in [3.8, 4) is 5.75 Å². The highest BCUT2D eigenvalue weighted by Gasteiger charge is 2.13. The molecule has 0 bridgehead atoms. The molecular formula is C24H27N3O. The highest BCUT2D eigenvalue weighted by atomic mass is 16.5. The summed E-state index contributed by atoms with van der Waals surface area (Å²) in [5.41, 5.74) is 9.11. The number of ether oxygens (including phenoxy) is 1. The van der Waals surface area contributed by atoms with Gasteiger partial charge in [-0.1, -0.05) is 72.8 Å². The predicted octanol–water partition coefficient (Wildman–Crippen LogP) is 4.31. The van der Waals surface area contributed by atoms with Crippen LogP contribution in [0.1, 0.15) is 29.0 Å². The smallest absolute Gasteiger partial charge is 0.185 e. The molecule has 28 heavy (non-hydrogen) atoms. The minimum Gasteiger partial charge on any atom is -0.494 e. The second-order valence-corrected chi connectivity index (χ2v) is 6.75. The fraction of sp³-hybridized carbons (Fsp3) is 0.208. The van der Waals surface area contributed by atoms with Gasteiger partial charge in [0.25, 0.3) is 0 Å². The van der Waals surface area contributed by atoms with Crippen molar-refractivity contribution >= 4 is 5.96 Å². The lowest BCUT2D eigenvalue weighted by Gasteiger charge is -2.18. The second-order valence-electron chi connectivity index (χ2n) is 6.75. The largest absolute Gasteiger partial charge is 0.494 e. The Labute approximate surface area is 166 Å². The number of hydrogen-bond donors (Lipinski definition) is 3. The van der Waals surface area contributed by atoms with Crippen molar-refractivity contribution in [1.82, 2.24) is 5.32 Å². The molecule has 0 unspecified atom stereocenters. The van der Waals surface area contributed by atoms with Crippen molar-refractivity contribution in [2.24, 2.45) is 5.73 Å². The Balaban J connectivity index is 1.56. The molecule has 0 heterocycles. The third-order valence-electron chi connectivity index (χ3n) is 4.73. The van der Waals surface area contributed by atoms with Crippen LogP contribution < -0.4 is 15.8 Å². The summed E-state index contributed by atoms with van der Waals surface area (Å²) in [6.07, 6.45) is 1.74. The van der Waals surface area contributed by atoms with Gasteiger partial charge in [0.1, 0.15) is 5.75 Å². The van der Waals surface area contributed by atoms with Crippen LogP contribution in [0.15, 0.2) is 84.9 Å². The van der Waals surface area contributed by atoms with E-state index in [2.05, 4.69) is 78.1 Å². The van der Waals surface area contributed by atoms with Gasteiger partial charge in [-0.3, -0.25) is 5.41 Å². The minimum atomic E-state index is 0.00587. The zero-order chi connectivity index (χ0) is 19.6. The highest BCUT2D eigenvalue weighted by Crippen LogP contribution is 2.28. The first-order valence-corrected chi connectivity index (χ1v) is 9.62. The average molecular weight is 374 g/mol. The number of rotatable bonds is 9. The molecule has 144 valence electrons. The summed E-state index contributed by atoms with van der Waals surface area (Å²) in [5.74, 6) is 1.20. The van der Waals surface area contributed by atoms with Gasteiger partial charge in [-0.05, 0) is 41.7 Å². The molecule has 0 atom stereocenters. The normalized spacial score (nSPS) is 10.6. The van der Waals surface area contributed by atoms with Gasteiger partial charge in [-0.15, -0.1) is 0 Å². The van der Waals surface area contributed by atoms with Crippen LogP contribution in [0.4, 0.5) is 0 Å². The van der Waals surface area contributed by atoms with E-state index in [4.69, 9.17) is 15.9 Å². The standard InChI is InChI=1S/C24H27N3O/c25-24(26)27-17-15-19-11-13-22(14-12-19)28-18-16-23(20-7-3-1-4-8-20)21-9-5-2-6-10-21/h1-14,23H,15-18H2,(H4,25,26,27). The van der Waals surface area contributed by atoms with Crippen molar-refractivity contribution in [2.75, 3.05) is 13.2 Å². The Morgan fingerprint density at radius 3 is 1.96 bits per heavy atom. The zero-order valence-corrected chi connectivity index (χ0v) is 16.0. The molecule has 0 saturated heterocycles. The van der Waals surface area contributed by atoms with Crippen LogP contribution >= 0.6 is 0 Å². The second kappa shape index (κ2) is 10.2. The first-order valence-electron chi connectivity index (χ1n) is 9.62. The molecule has 0 saturated carbocycles. The minimum absolute atomic E-state index is 0.00587. The zero-order valence-electron chi connectivity index (χ0n) is 16.0. The monoisotopic (exact) mass is 373 g/mol. The molecule has 0 fully saturated rings. The van der Waals surface area contributed by atoms with E-state index in [-0.39, 0.29) is 5.96 Å². The SMILES string of the molecule is N=C(N)NCCc1ccc(OCCC(c2ccccc2)c2ccccc2)cc1. The molecule has 4 heteroatoms. The Kier molecular flexibility index (Phi) is 7.08. The molecule has 3 aromatic rings. The van der Waals surface area contributed by atoms with Crippen molar-refractivity contribution < 1.29 is 4.74 Å². The predicted molar refractivity (Wildman–Crippen MR) is 115 cm³/mol. The molecule has 0 aliphatic heterocycles. The van der Waals surface area contributed by atoms with Crippen LogP contribution in [0, 0.1) is 5.41 Å². The topological polar surface area (TPSA) is 71.1 Å². The van der Waals surface area contributed by atoms with Crippen LogP contribution in [0.2, 0.25) is 0 Å². The van der Waals surface area contributed by atoms with Gasteiger partial charge < -0.3 is 15.8 Å². The summed E-state index contributed by atoms with van der Waals surface area (Å²) >= 11 is 0. The lowest BCUT2D eigenvalue weighted by atomic mass is 9.89. The van der Waals surface area contributed by atoms with Crippen molar-refractivity contribution in [2.45, 2.75) is 18.8 Å². The van der Waals surface area contributed by atoms with Gasteiger partial charge >= 0.3 is 0 Å². The van der Waals surface area contributed by atoms with Crippen molar-refractivity contribution in [3.05, 3.63) is 102 Å². The lowest BCUT2D eigenvalue weighted by molar-refractivity contribution is 0.304. The molecule has 4 N–H and O–H groups in total. The van der Waals surface area contributed by atoms with Crippen LogP contribution in [-0.2, 0) is 6.42 Å². The Morgan fingerprint density at radius 1 is 0.857 bits per heavy atom. The summed E-state index contributed by atoms with van der Waals surface area (Å²) in [6.45, 7) is 1.31. The van der Waals surface area contributed by atoms with Gasteiger partial charge in [0, 0.05) is 12.5 Å². The van der Waals surface area contributed by atoms with E-state index in [1.54, 1.807) is 0 Å². The quantitative estimate of drug-likeness (QED) is 0.386. The molecule has 0 aliphatic rings. The van der Waals surface area contributed by atoms with Crippen LogP contribution in [0.5, 0.6) is 5.75 Å². The van der Waals surface area contributed by atoms with E-state index in [0.29, 0.717) is 19.1 Å². The van der Waals surface area contributed by atoms with Gasteiger partial charge in [0.15, 0.2) is 5.96 Å². The third kappa shape index (κ3) is 5.88. The van der Waals surface area contributed by atoms with E-state index < -0.39 is 0 Å². The molecule has 4 nitrogen and oxygen atoms in total. The Hall–Kier alpha value is -3.27. The molecule has 0 spiro atoms. The third-order valence-corrected chi connectivity index (χ3v) is 4.73. The van der Waals surface area contributed by atoms with E-state index in [1.807, 2.05) is 12.1 Å². The summed E-state index contributed by atoms with van der Waals surface area (Å²) in [4.78, 5) is 0. The fourth-order valence-corrected chi connectivity index (χ4v) is 3.28. The Morgan fingerprint density at radius 2 is 1.43 bits per heavy atom. The summed E-state index contributed by atoms with van der Waals surface area (Å²) in [6, 6.07) is 29.3. The summed E-state index contributed by atoms with van der Waals surface area (Å²) in [7, 11) is 0. The molecule has 0 aliphatic carbocycles. The fourth-order valence-electron chi connectivity index (χ4n) is 3.28. The maximum absolute atomic E-state index is 7.18. The van der Waals surface area contributed by atoms with Crippen LogP contribution in [0.25, 0.3) is 0 Å². The molecule has 0 radical (unpaired) electrons. The molecule has 0 aromatic heterocycles. The van der Waals surface area contributed by atoms with Gasteiger partial charge in [0.05, 0.1) is 6.61 Å². The molecule has 3 aromatic carbocycles. The number of hydrogen-bond acceptors (Lipinski definition) is 2. The first-order chi connectivity index (χ1) is 13.7. The Bertz CT molecular complexity index is 809. The molecule has 0 amide bonds. The summed E-state index contributed by atoms with van der Waals surface area (Å²) in [5, 5.41) is 9.99. The van der Waals surface area contributed by atoms with Crippen LogP contribution in [0.3, 0.4) is 0 Å². The maximum atomic E-state index is 7.18. The van der Waals surface area contributed by atoms with E-state index in [1.165, 1.54) is 16.7 Å². The number of benzene rings is 3. The van der Waals surface area contributed by atoms with Gasteiger partial charge in [-0.25, -0.2) is 0 Å². The van der Waals surface area contributed by atoms with Crippen LogP contribution in [-0.4, -0.2) is 19.1 Å². The maximum Gasteiger partial charge on any atom is 0.185 e. The van der Waals surface area contributed by atoms with Crippen molar-refractivity contribution in [1.29, 1.82) is 5.41 Å². The highest BCUT2D eigenvalue weighted by molar-refractivity contribution is 5.74. The van der Waals surface area contributed by atoms with E-state index in [0.717, 1.165) is 18.6 Å². The van der Waals surface area contributed by atoms with Crippen molar-refractivity contribution in [3.63, 3.8) is 0 Å². The molecule has 3 rings (SSSR count).